The summed E-state index contributed by atoms with van der Waals surface area (Å²) in [7, 11) is 1.34. The van der Waals surface area contributed by atoms with Gasteiger partial charge in [-0.2, -0.15) is 0 Å². The summed E-state index contributed by atoms with van der Waals surface area (Å²) in [4.78, 5) is 13.8. The maximum atomic E-state index is 11.7. The molecule has 1 aromatic carbocycles. The monoisotopic (exact) mass is 278 g/mol. The van der Waals surface area contributed by atoms with E-state index in [-0.39, 0.29) is 0 Å². The lowest BCUT2D eigenvalue weighted by Crippen LogP contribution is -2.29. The lowest BCUT2D eigenvalue weighted by atomic mass is 9.98. The molecule has 1 aliphatic rings. The van der Waals surface area contributed by atoms with Crippen LogP contribution in [0.15, 0.2) is 18.2 Å². The number of hydrogen-bond acceptors (Lipinski definition) is 5. The number of carbonyl (C=O) groups is 1. The first-order valence-electron chi connectivity index (χ1n) is 6.89. The lowest BCUT2D eigenvalue weighted by molar-refractivity contribution is 0.0481. The van der Waals surface area contributed by atoms with E-state index in [4.69, 9.17) is 10.5 Å². The van der Waals surface area contributed by atoms with E-state index in [2.05, 4.69) is 4.90 Å². The summed E-state index contributed by atoms with van der Waals surface area (Å²) in [5.74, 6) is -0.425. The predicted octanol–water partition coefficient (Wildman–Crippen LogP) is 1.80. The Morgan fingerprint density at radius 2 is 2.15 bits per heavy atom. The molecule has 1 heterocycles. The van der Waals surface area contributed by atoms with Gasteiger partial charge in [0.05, 0.1) is 29.6 Å². The van der Waals surface area contributed by atoms with Crippen LogP contribution in [0.4, 0.5) is 11.4 Å². The number of hydrogen-bond donors (Lipinski definition) is 2. The summed E-state index contributed by atoms with van der Waals surface area (Å²) >= 11 is 0. The minimum Gasteiger partial charge on any atom is -0.465 e. The molecule has 5 nitrogen and oxygen atoms in total. The number of ether oxygens (including phenoxy) is 1. The first-order valence-corrected chi connectivity index (χ1v) is 6.89. The van der Waals surface area contributed by atoms with Crippen LogP contribution in [0.2, 0.25) is 0 Å². The molecule has 1 fully saturated rings. The van der Waals surface area contributed by atoms with Crippen molar-refractivity contribution in [1.29, 1.82) is 0 Å². The van der Waals surface area contributed by atoms with Crippen molar-refractivity contribution in [3.8, 4) is 0 Å². The van der Waals surface area contributed by atoms with Gasteiger partial charge in [0.25, 0.3) is 0 Å². The Bertz CT molecular complexity index is 500. The Labute approximate surface area is 119 Å². The van der Waals surface area contributed by atoms with E-state index in [0.29, 0.717) is 17.7 Å². The fraction of sp³-hybridized carbons (Fsp3) is 0.533. The van der Waals surface area contributed by atoms with Gasteiger partial charge in [0.15, 0.2) is 0 Å². The summed E-state index contributed by atoms with van der Waals surface area (Å²) in [5.41, 5.74) is 7.16. The van der Waals surface area contributed by atoms with Crippen molar-refractivity contribution in [3.63, 3.8) is 0 Å². The van der Waals surface area contributed by atoms with Crippen LogP contribution in [-0.4, -0.2) is 36.9 Å². The second kappa shape index (κ2) is 5.71. The molecule has 0 amide bonds. The molecule has 3 N–H and O–H groups in total. The zero-order valence-electron chi connectivity index (χ0n) is 12.1. The molecule has 20 heavy (non-hydrogen) atoms. The highest BCUT2D eigenvalue weighted by Crippen LogP contribution is 2.31. The van der Waals surface area contributed by atoms with Gasteiger partial charge in [0.2, 0.25) is 0 Å². The molecular weight excluding hydrogens is 256 g/mol. The van der Waals surface area contributed by atoms with Crippen molar-refractivity contribution in [1.82, 2.24) is 0 Å². The Kier molecular flexibility index (Phi) is 4.18. The van der Waals surface area contributed by atoms with E-state index in [1.165, 1.54) is 7.11 Å². The molecular formula is C15H22N2O3. The Morgan fingerprint density at radius 3 is 2.85 bits per heavy atom. The number of nitrogens with two attached hydrogens (primary N) is 1. The third kappa shape index (κ3) is 3.04. The highest BCUT2D eigenvalue weighted by molar-refractivity contribution is 5.98. The molecule has 0 aromatic heterocycles. The van der Waals surface area contributed by atoms with Gasteiger partial charge in [-0.05, 0) is 38.3 Å². The van der Waals surface area contributed by atoms with Crippen LogP contribution in [0.5, 0.6) is 0 Å². The van der Waals surface area contributed by atoms with Crippen molar-refractivity contribution in [2.45, 2.75) is 31.8 Å². The molecule has 1 aliphatic heterocycles. The van der Waals surface area contributed by atoms with Crippen molar-refractivity contribution in [2.75, 3.05) is 30.8 Å². The first kappa shape index (κ1) is 14.7. The number of aliphatic hydroxyl groups is 1. The second-order valence-corrected chi connectivity index (χ2v) is 5.57. The first-order chi connectivity index (χ1) is 9.44. The van der Waals surface area contributed by atoms with Crippen molar-refractivity contribution in [2.24, 2.45) is 0 Å². The fourth-order valence-electron chi connectivity index (χ4n) is 2.62. The zero-order chi connectivity index (χ0) is 14.8. The quantitative estimate of drug-likeness (QED) is 0.637. The molecule has 0 bridgehead atoms. The van der Waals surface area contributed by atoms with Gasteiger partial charge in [-0.3, -0.25) is 0 Å². The SMILES string of the molecule is COC(=O)c1cccc(N2CCCC(C)(O)CC2)c1N. The van der Waals surface area contributed by atoms with E-state index in [9.17, 15) is 9.90 Å². The Morgan fingerprint density at radius 1 is 1.40 bits per heavy atom. The highest BCUT2D eigenvalue weighted by atomic mass is 16.5. The zero-order valence-corrected chi connectivity index (χ0v) is 12.1. The van der Waals surface area contributed by atoms with Gasteiger partial charge >= 0.3 is 5.97 Å². The molecule has 0 radical (unpaired) electrons. The highest BCUT2D eigenvalue weighted by Gasteiger charge is 2.26. The molecule has 2 rings (SSSR count). The van der Waals surface area contributed by atoms with Crippen LogP contribution in [0.3, 0.4) is 0 Å². The molecule has 0 aliphatic carbocycles. The number of nitrogen functional groups attached to an aromatic ring is 1. The summed E-state index contributed by atoms with van der Waals surface area (Å²) in [5, 5.41) is 10.1. The number of nitrogens with zero attached hydrogens (tertiary/aromatic N) is 1. The van der Waals surface area contributed by atoms with Gasteiger partial charge in [-0.15, -0.1) is 0 Å². The van der Waals surface area contributed by atoms with Crippen LogP contribution in [0.25, 0.3) is 0 Å². The smallest absolute Gasteiger partial charge is 0.340 e. The molecule has 0 saturated carbocycles. The van der Waals surface area contributed by atoms with Crippen molar-refractivity contribution in [3.05, 3.63) is 23.8 Å². The molecule has 1 atom stereocenters. The van der Waals surface area contributed by atoms with Crippen LogP contribution >= 0.6 is 0 Å². The van der Waals surface area contributed by atoms with Gasteiger partial charge < -0.3 is 20.5 Å². The Balaban J connectivity index is 2.27. The normalized spacial score (nSPS) is 23.2. The average Bonchev–Trinajstić information content (AvgIpc) is 2.59. The topological polar surface area (TPSA) is 75.8 Å². The summed E-state index contributed by atoms with van der Waals surface area (Å²) in [6.07, 6.45) is 2.36. The van der Waals surface area contributed by atoms with Crippen molar-refractivity contribution >= 4 is 17.3 Å². The van der Waals surface area contributed by atoms with Gasteiger partial charge in [-0.1, -0.05) is 6.07 Å². The van der Waals surface area contributed by atoms with Crippen LogP contribution in [-0.2, 0) is 4.74 Å². The maximum absolute atomic E-state index is 11.7. The van der Waals surface area contributed by atoms with Gasteiger partial charge in [0, 0.05) is 13.1 Å². The second-order valence-electron chi connectivity index (χ2n) is 5.57. The largest absolute Gasteiger partial charge is 0.465 e. The number of anilines is 2. The summed E-state index contributed by atoms with van der Waals surface area (Å²) in [6.45, 7) is 3.41. The molecule has 1 saturated heterocycles. The van der Waals surface area contributed by atoms with Gasteiger partial charge in [-0.25, -0.2) is 4.79 Å². The predicted molar refractivity (Wildman–Crippen MR) is 78.9 cm³/mol. The van der Waals surface area contributed by atoms with Gasteiger partial charge in [0.1, 0.15) is 0 Å². The maximum Gasteiger partial charge on any atom is 0.340 e. The van der Waals surface area contributed by atoms with E-state index in [0.717, 1.165) is 31.6 Å². The lowest BCUT2D eigenvalue weighted by Gasteiger charge is -2.26. The number of esters is 1. The Hall–Kier alpha value is -1.75. The van der Waals surface area contributed by atoms with E-state index in [1.807, 2.05) is 13.0 Å². The minimum absolute atomic E-state index is 0.390. The molecule has 1 aromatic rings. The summed E-state index contributed by atoms with van der Waals surface area (Å²) in [6, 6.07) is 5.38. The number of carbonyl (C=O) groups excluding carboxylic acids is 1. The third-order valence-electron chi connectivity index (χ3n) is 3.89. The molecule has 0 spiro atoms. The van der Waals surface area contributed by atoms with E-state index < -0.39 is 11.6 Å². The average molecular weight is 278 g/mol. The van der Waals surface area contributed by atoms with Crippen LogP contribution in [0, 0.1) is 0 Å². The number of benzene rings is 1. The molecule has 5 heteroatoms. The summed E-state index contributed by atoms with van der Waals surface area (Å²) < 4.78 is 4.74. The van der Waals surface area contributed by atoms with E-state index >= 15 is 0 Å². The fourth-order valence-corrected chi connectivity index (χ4v) is 2.62. The van der Waals surface area contributed by atoms with Crippen LogP contribution in [0.1, 0.15) is 36.5 Å². The van der Waals surface area contributed by atoms with Crippen molar-refractivity contribution < 1.29 is 14.6 Å². The molecule has 1 unspecified atom stereocenters. The number of rotatable bonds is 2. The van der Waals surface area contributed by atoms with E-state index in [1.54, 1.807) is 12.1 Å². The molecule has 110 valence electrons. The number of para-hydroxylation sites is 1. The third-order valence-corrected chi connectivity index (χ3v) is 3.89. The van der Waals surface area contributed by atoms with Crippen LogP contribution < -0.4 is 10.6 Å². The number of methoxy groups -OCH3 is 1. The standard InChI is InChI=1S/C15H22N2O3/c1-15(19)7-4-9-17(10-8-15)12-6-3-5-11(13(12)16)14(18)20-2/h3,5-6,19H,4,7-10,16H2,1-2H3. The minimum atomic E-state index is -0.622.